The molecule has 0 atom stereocenters. The van der Waals surface area contributed by atoms with Crippen molar-refractivity contribution in [3.8, 4) is 0 Å². The third kappa shape index (κ3) is 2.74. The summed E-state index contributed by atoms with van der Waals surface area (Å²) in [7, 11) is 0. The SMILES string of the molecule is Cc1ccc(NC(=O)c2c[nH]ccc2=O)cc1C(=O)O. The van der Waals surface area contributed by atoms with Crippen LogP contribution in [0.15, 0.2) is 41.5 Å². The van der Waals surface area contributed by atoms with Gasteiger partial charge in [-0.1, -0.05) is 6.07 Å². The Bertz CT molecular complexity index is 734. The first-order chi connectivity index (χ1) is 9.49. The number of nitrogens with one attached hydrogen (secondary N) is 2. The maximum atomic E-state index is 11.9. The van der Waals surface area contributed by atoms with Gasteiger partial charge < -0.3 is 15.4 Å². The first kappa shape index (κ1) is 13.5. The highest BCUT2D eigenvalue weighted by atomic mass is 16.4. The molecule has 0 aliphatic carbocycles. The molecule has 102 valence electrons. The molecule has 0 aliphatic rings. The van der Waals surface area contributed by atoms with E-state index in [9.17, 15) is 14.4 Å². The van der Waals surface area contributed by atoms with Crippen LogP contribution in [0.1, 0.15) is 26.3 Å². The van der Waals surface area contributed by atoms with E-state index in [-0.39, 0.29) is 11.1 Å². The summed E-state index contributed by atoms with van der Waals surface area (Å²) in [6, 6.07) is 5.77. The van der Waals surface area contributed by atoms with E-state index in [1.54, 1.807) is 19.1 Å². The maximum Gasteiger partial charge on any atom is 0.336 e. The molecule has 1 heterocycles. The molecule has 0 unspecified atom stereocenters. The fourth-order valence-electron chi connectivity index (χ4n) is 1.72. The third-order valence-electron chi connectivity index (χ3n) is 2.79. The summed E-state index contributed by atoms with van der Waals surface area (Å²) in [5.74, 6) is -1.66. The summed E-state index contributed by atoms with van der Waals surface area (Å²) in [6.45, 7) is 1.66. The summed E-state index contributed by atoms with van der Waals surface area (Å²) in [6.07, 6.45) is 2.72. The highest BCUT2D eigenvalue weighted by Crippen LogP contribution is 2.15. The molecule has 1 aromatic heterocycles. The third-order valence-corrected chi connectivity index (χ3v) is 2.79. The summed E-state index contributed by atoms with van der Waals surface area (Å²) >= 11 is 0. The van der Waals surface area contributed by atoms with E-state index in [0.29, 0.717) is 11.3 Å². The summed E-state index contributed by atoms with van der Waals surface area (Å²) in [4.78, 5) is 37.1. The molecule has 0 saturated heterocycles. The van der Waals surface area contributed by atoms with Crippen LogP contribution in [0.25, 0.3) is 0 Å². The largest absolute Gasteiger partial charge is 0.478 e. The van der Waals surface area contributed by atoms with Gasteiger partial charge in [0.05, 0.1) is 5.56 Å². The highest BCUT2D eigenvalue weighted by Gasteiger charge is 2.12. The van der Waals surface area contributed by atoms with Crippen LogP contribution in [0, 0.1) is 6.92 Å². The molecule has 2 aromatic rings. The number of aromatic nitrogens is 1. The Labute approximate surface area is 114 Å². The fourth-order valence-corrected chi connectivity index (χ4v) is 1.72. The summed E-state index contributed by atoms with van der Waals surface area (Å²) < 4.78 is 0. The number of pyridine rings is 1. The second-order valence-corrected chi connectivity index (χ2v) is 4.21. The van der Waals surface area contributed by atoms with Gasteiger partial charge in [-0.3, -0.25) is 9.59 Å². The minimum atomic E-state index is -1.07. The van der Waals surface area contributed by atoms with Crippen molar-refractivity contribution in [2.45, 2.75) is 6.92 Å². The molecule has 0 radical (unpaired) electrons. The molecular formula is C14H12N2O4. The summed E-state index contributed by atoms with van der Waals surface area (Å²) in [5, 5.41) is 11.5. The zero-order chi connectivity index (χ0) is 14.7. The van der Waals surface area contributed by atoms with Gasteiger partial charge >= 0.3 is 5.97 Å². The maximum absolute atomic E-state index is 11.9. The molecule has 0 aliphatic heterocycles. The van der Waals surface area contributed by atoms with Crippen molar-refractivity contribution in [2.24, 2.45) is 0 Å². The molecule has 0 spiro atoms. The average Bonchev–Trinajstić information content (AvgIpc) is 2.41. The van der Waals surface area contributed by atoms with Gasteiger partial charge in [-0.05, 0) is 24.6 Å². The van der Waals surface area contributed by atoms with Crippen molar-refractivity contribution in [1.29, 1.82) is 0 Å². The van der Waals surface area contributed by atoms with E-state index >= 15 is 0 Å². The number of benzene rings is 1. The van der Waals surface area contributed by atoms with E-state index < -0.39 is 17.3 Å². The van der Waals surface area contributed by atoms with Crippen molar-refractivity contribution < 1.29 is 14.7 Å². The normalized spacial score (nSPS) is 10.1. The molecule has 3 N–H and O–H groups in total. The number of carboxylic acid groups (broad SMARTS) is 1. The number of hydrogen-bond donors (Lipinski definition) is 3. The van der Waals surface area contributed by atoms with Gasteiger partial charge in [0.2, 0.25) is 0 Å². The standard InChI is InChI=1S/C14H12N2O4/c1-8-2-3-9(6-10(8)14(19)20)16-13(18)11-7-15-5-4-12(11)17/h2-7H,1H3,(H,15,17)(H,16,18)(H,19,20). The smallest absolute Gasteiger partial charge is 0.336 e. The number of amides is 1. The van der Waals surface area contributed by atoms with E-state index in [1.165, 1.54) is 24.5 Å². The quantitative estimate of drug-likeness (QED) is 0.790. The second kappa shape index (κ2) is 5.40. The Morgan fingerprint density at radius 3 is 2.60 bits per heavy atom. The predicted molar refractivity (Wildman–Crippen MR) is 73.2 cm³/mol. The van der Waals surface area contributed by atoms with Crippen LogP contribution in [-0.2, 0) is 0 Å². The lowest BCUT2D eigenvalue weighted by atomic mass is 10.1. The van der Waals surface area contributed by atoms with Crippen LogP contribution < -0.4 is 10.7 Å². The van der Waals surface area contributed by atoms with E-state index in [4.69, 9.17) is 5.11 Å². The predicted octanol–water partition coefficient (Wildman–Crippen LogP) is 1.63. The Balaban J connectivity index is 2.29. The van der Waals surface area contributed by atoms with Gasteiger partial charge in [0.1, 0.15) is 5.56 Å². The van der Waals surface area contributed by atoms with Crippen molar-refractivity contribution in [3.63, 3.8) is 0 Å². The van der Waals surface area contributed by atoms with Crippen LogP contribution in [0.3, 0.4) is 0 Å². The molecule has 20 heavy (non-hydrogen) atoms. The lowest BCUT2D eigenvalue weighted by Crippen LogP contribution is -2.21. The number of aromatic amines is 1. The molecule has 6 nitrogen and oxygen atoms in total. The van der Waals surface area contributed by atoms with Gasteiger partial charge in [-0.25, -0.2) is 4.79 Å². The van der Waals surface area contributed by atoms with Crippen molar-refractivity contribution in [3.05, 3.63) is 63.6 Å². The number of carbonyl (C=O) groups excluding carboxylic acids is 1. The molecule has 6 heteroatoms. The molecular weight excluding hydrogens is 260 g/mol. The van der Waals surface area contributed by atoms with Gasteiger partial charge in [-0.2, -0.15) is 0 Å². The highest BCUT2D eigenvalue weighted by molar-refractivity contribution is 6.04. The van der Waals surface area contributed by atoms with Crippen LogP contribution in [0.5, 0.6) is 0 Å². The van der Waals surface area contributed by atoms with Gasteiger partial charge in [0.25, 0.3) is 5.91 Å². The van der Waals surface area contributed by atoms with Crippen LogP contribution >= 0.6 is 0 Å². The molecule has 0 fully saturated rings. The minimum absolute atomic E-state index is 0.0371. The Hall–Kier alpha value is -2.89. The van der Waals surface area contributed by atoms with Gasteiger partial charge in [0.15, 0.2) is 5.43 Å². The van der Waals surface area contributed by atoms with E-state index in [1.807, 2.05) is 0 Å². The first-order valence-electron chi connectivity index (χ1n) is 5.81. The van der Waals surface area contributed by atoms with Crippen LogP contribution in [0.2, 0.25) is 0 Å². The molecule has 0 bridgehead atoms. The monoisotopic (exact) mass is 272 g/mol. The van der Waals surface area contributed by atoms with Crippen molar-refractivity contribution >= 4 is 17.6 Å². The van der Waals surface area contributed by atoms with Gasteiger partial charge in [-0.15, -0.1) is 0 Å². The number of carboxylic acids is 1. The van der Waals surface area contributed by atoms with Crippen molar-refractivity contribution in [2.75, 3.05) is 5.32 Å². The molecule has 0 saturated carbocycles. The Kier molecular flexibility index (Phi) is 3.65. The number of H-pyrrole nitrogens is 1. The van der Waals surface area contributed by atoms with Gasteiger partial charge in [0, 0.05) is 24.1 Å². The second-order valence-electron chi connectivity index (χ2n) is 4.21. The van der Waals surface area contributed by atoms with E-state index in [0.717, 1.165) is 0 Å². The topological polar surface area (TPSA) is 99.3 Å². The average molecular weight is 272 g/mol. The minimum Gasteiger partial charge on any atom is -0.478 e. The molecule has 1 aromatic carbocycles. The van der Waals surface area contributed by atoms with Crippen LogP contribution in [0.4, 0.5) is 5.69 Å². The number of rotatable bonds is 3. The number of aromatic carboxylic acids is 1. The van der Waals surface area contributed by atoms with E-state index in [2.05, 4.69) is 10.3 Å². The number of anilines is 1. The summed E-state index contributed by atoms with van der Waals surface area (Å²) in [5.41, 5.74) is 0.566. The first-order valence-corrected chi connectivity index (χ1v) is 5.81. The molecule has 2 rings (SSSR count). The number of hydrogen-bond acceptors (Lipinski definition) is 3. The lowest BCUT2D eigenvalue weighted by Gasteiger charge is -2.07. The van der Waals surface area contributed by atoms with Crippen LogP contribution in [-0.4, -0.2) is 22.0 Å². The zero-order valence-corrected chi connectivity index (χ0v) is 10.6. The Morgan fingerprint density at radius 2 is 1.95 bits per heavy atom. The zero-order valence-electron chi connectivity index (χ0n) is 10.6. The fraction of sp³-hybridized carbons (Fsp3) is 0.0714. The number of carbonyl (C=O) groups is 2. The lowest BCUT2D eigenvalue weighted by molar-refractivity contribution is 0.0695. The van der Waals surface area contributed by atoms with Crippen molar-refractivity contribution in [1.82, 2.24) is 4.98 Å². The Morgan fingerprint density at radius 1 is 1.20 bits per heavy atom. The molecule has 1 amide bonds. The number of aryl methyl sites for hydroxylation is 1.